The lowest BCUT2D eigenvalue weighted by Gasteiger charge is -2.14. The van der Waals surface area contributed by atoms with E-state index in [0.29, 0.717) is 17.2 Å². The molecule has 5 nitrogen and oxygen atoms in total. The summed E-state index contributed by atoms with van der Waals surface area (Å²) >= 11 is 0. The monoisotopic (exact) mass is 335 g/mol. The lowest BCUT2D eigenvalue weighted by molar-refractivity contribution is -0.141. The number of pyridine rings is 1. The number of carbonyl (C=O) groups is 1. The zero-order chi connectivity index (χ0) is 17.9. The Morgan fingerprint density at radius 1 is 1.21 bits per heavy atom. The molecule has 0 aliphatic heterocycles. The Kier molecular flexibility index (Phi) is 4.74. The first kappa shape index (κ1) is 17.3. The zero-order valence-electron chi connectivity index (χ0n) is 12.4. The van der Waals surface area contributed by atoms with E-state index < -0.39 is 34.9 Å². The predicted molar refractivity (Wildman–Crippen MR) is 79.1 cm³/mol. The van der Waals surface area contributed by atoms with E-state index in [-0.39, 0.29) is 0 Å². The normalized spacial score (nSPS) is 12.3. The number of halogens is 3. The van der Waals surface area contributed by atoms with Gasteiger partial charge < -0.3 is 10.3 Å². The highest BCUT2D eigenvalue weighted by atomic mass is 19.4. The standard InChI is InChI=1S/C16H12F3N3O2/c1-9(11-4-2-10(8-20)3-5-11)21-14(23)12-6-7-13(16(17,18)19)22-15(12)24/h2-7,9H,1H3,(H,21,23)(H,22,24). The van der Waals surface area contributed by atoms with Crippen molar-refractivity contribution in [1.82, 2.24) is 10.3 Å². The number of benzene rings is 1. The number of nitrogens with one attached hydrogen (secondary N) is 2. The first-order valence-electron chi connectivity index (χ1n) is 6.84. The minimum atomic E-state index is -4.69. The molecule has 0 fully saturated rings. The maximum Gasteiger partial charge on any atom is 0.431 e. The molecule has 1 aromatic heterocycles. The van der Waals surface area contributed by atoms with E-state index in [2.05, 4.69) is 5.32 Å². The van der Waals surface area contributed by atoms with Crippen LogP contribution in [-0.2, 0) is 6.18 Å². The molecule has 0 saturated carbocycles. The van der Waals surface area contributed by atoms with E-state index in [1.165, 1.54) is 0 Å². The smallest absolute Gasteiger partial charge is 0.345 e. The van der Waals surface area contributed by atoms with Gasteiger partial charge in [-0.2, -0.15) is 18.4 Å². The van der Waals surface area contributed by atoms with Gasteiger partial charge in [0.1, 0.15) is 11.3 Å². The number of aromatic amines is 1. The van der Waals surface area contributed by atoms with E-state index in [0.717, 1.165) is 6.07 Å². The van der Waals surface area contributed by atoms with E-state index in [1.807, 2.05) is 6.07 Å². The topological polar surface area (TPSA) is 85.8 Å². The second-order valence-corrected chi connectivity index (χ2v) is 5.04. The first-order valence-corrected chi connectivity index (χ1v) is 6.84. The number of nitriles is 1. The van der Waals surface area contributed by atoms with Crippen LogP contribution in [-0.4, -0.2) is 10.9 Å². The number of hydrogen-bond acceptors (Lipinski definition) is 3. The summed E-state index contributed by atoms with van der Waals surface area (Å²) in [6.07, 6.45) is -4.69. The second-order valence-electron chi connectivity index (χ2n) is 5.04. The molecule has 1 amide bonds. The molecule has 1 aromatic carbocycles. The van der Waals surface area contributed by atoms with Gasteiger partial charge in [0.25, 0.3) is 11.5 Å². The molecular weight excluding hydrogens is 323 g/mol. The maximum absolute atomic E-state index is 12.5. The molecule has 1 heterocycles. The average molecular weight is 335 g/mol. The van der Waals surface area contributed by atoms with Crippen LogP contribution in [0.25, 0.3) is 0 Å². The highest BCUT2D eigenvalue weighted by molar-refractivity contribution is 5.94. The number of hydrogen-bond donors (Lipinski definition) is 2. The van der Waals surface area contributed by atoms with Gasteiger partial charge in [-0.15, -0.1) is 0 Å². The third kappa shape index (κ3) is 3.81. The number of rotatable bonds is 3. The lowest BCUT2D eigenvalue weighted by Crippen LogP contribution is -2.32. The van der Waals surface area contributed by atoms with Gasteiger partial charge in [-0.1, -0.05) is 12.1 Å². The lowest BCUT2D eigenvalue weighted by atomic mass is 10.1. The van der Waals surface area contributed by atoms with Crippen molar-refractivity contribution in [3.8, 4) is 6.07 Å². The van der Waals surface area contributed by atoms with Crippen molar-refractivity contribution in [3.05, 3.63) is 69.1 Å². The van der Waals surface area contributed by atoms with Gasteiger partial charge >= 0.3 is 6.18 Å². The molecule has 2 N–H and O–H groups in total. The van der Waals surface area contributed by atoms with Crippen LogP contribution < -0.4 is 10.9 Å². The molecule has 0 spiro atoms. The van der Waals surface area contributed by atoms with Gasteiger partial charge in [0.15, 0.2) is 0 Å². The fourth-order valence-electron chi connectivity index (χ4n) is 2.02. The number of alkyl halides is 3. The molecule has 0 aliphatic rings. The third-order valence-electron chi connectivity index (χ3n) is 3.35. The van der Waals surface area contributed by atoms with Crippen LogP contribution in [0.4, 0.5) is 13.2 Å². The van der Waals surface area contributed by atoms with Crippen LogP contribution >= 0.6 is 0 Å². The summed E-state index contributed by atoms with van der Waals surface area (Å²) in [6.45, 7) is 1.65. The molecule has 124 valence electrons. The zero-order valence-corrected chi connectivity index (χ0v) is 12.4. The van der Waals surface area contributed by atoms with Crippen LogP contribution in [0.3, 0.4) is 0 Å². The van der Waals surface area contributed by atoms with Crippen LogP contribution in [0.1, 0.15) is 40.1 Å². The van der Waals surface area contributed by atoms with Crippen molar-refractivity contribution in [2.75, 3.05) is 0 Å². The fourth-order valence-corrected chi connectivity index (χ4v) is 2.02. The second kappa shape index (κ2) is 6.58. The quantitative estimate of drug-likeness (QED) is 0.904. The number of aromatic nitrogens is 1. The number of H-pyrrole nitrogens is 1. The molecule has 2 aromatic rings. The Bertz CT molecular complexity index is 849. The van der Waals surface area contributed by atoms with Crippen LogP contribution in [0.5, 0.6) is 0 Å². The molecule has 0 bridgehead atoms. The Labute approximate surface area is 134 Å². The molecular formula is C16H12F3N3O2. The number of carbonyl (C=O) groups excluding carboxylic acids is 1. The van der Waals surface area contributed by atoms with Crippen molar-refractivity contribution in [1.29, 1.82) is 5.26 Å². The van der Waals surface area contributed by atoms with Gasteiger partial charge in [0.05, 0.1) is 17.7 Å². The molecule has 0 saturated heterocycles. The molecule has 0 radical (unpaired) electrons. The van der Waals surface area contributed by atoms with Crippen molar-refractivity contribution in [2.24, 2.45) is 0 Å². The number of amides is 1. The Morgan fingerprint density at radius 2 is 1.83 bits per heavy atom. The SMILES string of the molecule is CC(NC(=O)c1ccc(C(F)(F)F)[nH]c1=O)c1ccc(C#N)cc1. The molecule has 2 rings (SSSR count). The summed E-state index contributed by atoms with van der Waals surface area (Å²) in [4.78, 5) is 25.4. The first-order chi connectivity index (χ1) is 11.2. The third-order valence-corrected chi connectivity index (χ3v) is 3.35. The van der Waals surface area contributed by atoms with E-state index in [4.69, 9.17) is 5.26 Å². The maximum atomic E-state index is 12.5. The largest absolute Gasteiger partial charge is 0.431 e. The molecule has 24 heavy (non-hydrogen) atoms. The minimum absolute atomic E-state index is 0.413. The summed E-state index contributed by atoms with van der Waals surface area (Å²) in [5, 5.41) is 11.3. The Balaban J connectivity index is 2.17. The predicted octanol–water partition coefficient (Wildman–Crippen LogP) is 2.76. The summed E-state index contributed by atoms with van der Waals surface area (Å²) in [6, 6.07) is 9.37. The van der Waals surface area contributed by atoms with E-state index >= 15 is 0 Å². The van der Waals surface area contributed by atoms with E-state index in [1.54, 1.807) is 36.2 Å². The number of nitrogens with zero attached hydrogens (tertiary/aromatic N) is 1. The van der Waals surface area contributed by atoms with Crippen molar-refractivity contribution in [2.45, 2.75) is 19.1 Å². The fraction of sp³-hybridized carbons (Fsp3) is 0.188. The van der Waals surface area contributed by atoms with Gasteiger partial charge in [0.2, 0.25) is 0 Å². The summed E-state index contributed by atoms with van der Waals surface area (Å²) in [5.41, 5.74) is -1.61. The van der Waals surface area contributed by atoms with Crippen LogP contribution in [0, 0.1) is 11.3 Å². The summed E-state index contributed by atoms with van der Waals surface area (Å²) in [7, 11) is 0. The van der Waals surface area contributed by atoms with Crippen molar-refractivity contribution in [3.63, 3.8) is 0 Å². The van der Waals surface area contributed by atoms with Gasteiger partial charge in [-0.3, -0.25) is 9.59 Å². The minimum Gasteiger partial charge on any atom is -0.345 e. The van der Waals surface area contributed by atoms with Crippen LogP contribution in [0.2, 0.25) is 0 Å². The van der Waals surface area contributed by atoms with Gasteiger partial charge in [-0.25, -0.2) is 0 Å². The van der Waals surface area contributed by atoms with Gasteiger partial charge in [0, 0.05) is 0 Å². The Hall–Kier alpha value is -3.08. The summed E-state index contributed by atoms with van der Waals surface area (Å²) < 4.78 is 37.5. The van der Waals surface area contributed by atoms with Crippen molar-refractivity contribution >= 4 is 5.91 Å². The highest BCUT2D eigenvalue weighted by Crippen LogP contribution is 2.26. The Morgan fingerprint density at radius 3 is 2.33 bits per heavy atom. The average Bonchev–Trinajstić information content (AvgIpc) is 2.53. The van der Waals surface area contributed by atoms with Crippen LogP contribution in [0.15, 0.2) is 41.2 Å². The highest BCUT2D eigenvalue weighted by Gasteiger charge is 2.32. The molecule has 1 atom stereocenters. The van der Waals surface area contributed by atoms with E-state index in [9.17, 15) is 22.8 Å². The summed E-state index contributed by atoms with van der Waals surface area (Å²) in [5.74, 6) is -0.790. The van der Waals surface area contributed by atoms with Crippen molar-refractivity contribution < 1.29 is 18.0 Å². The van der Waals surface area contributed by atoms with Gasteiger partial charge in [-0.05, 0) is 36.8 Å². The molecule has 8 heteroatoms. The molecule has 0 aliphatic carbocycles. The molecule has 1 unspecified atom stereocenters.